The summed E-state index contributed by atoms with van der Waals surface area (Å²) in [5.41, 5.74) is 4.44. The lowest BCUT2D eigenvalue weighted by atomic mass is 9.98. The topological polar surface area (TPSA) is 133 Å². The Bertz CT molecular complexity index is 866. The van der Waals surface area contributed by atoms with Crippen LogP contribution in [-0.4, -0.2) is 62.3 Å². The molecule has 2 aromatic heterocycles. The Morgan fingerprint density at radius 1 is 1.58 bits per heavy atom. The van der Waals surface area contributed by atoms with Gasteiger partial charge in [-0.15, -0.1) is 0 Å². The smallest absolute Gasteiger partial charge is 0.330 e. The number of anilines is 1. The molecule has 0 aliphatic carbocycles. The molecule has 4 N–H and O–H groups in total. The monoisotopic (exact) mass is 366 g/mol. The molecule has 0 unspecified atom stereocenters. The standard InChI is InChI=1S/C16H19FN4O5/c1-16(17)12(24)9(6-22)26-15(16)21-5-8(3-4-10(23)25-2)11-13(18)19-7-20-14(11)21/h3-5,7,9,12,15,22,24H,6H2,1-2H3,(H2,18,19,20)/b4-3+/t9-,12-,15+,16-/m1/s1. The van der Waals surface area contributed by atoms with Crippen LogP contribution in [0.1, 0.15) is 18.7 Å². The predicted octanol–water partition coefficient (Wildman–Crippen LogP) is 0.178. The molecule has 4 atom stereocenters. The number of ether oxygens (including phenoxy) is 2. The number of nitrogens with two attached hydrogens (primary N) is 1. The van der Waals surface area contributed by atoms with E-state index in [0.717, 1.165) is 0 Å². The van der Waals surface area contributed by atoms with Gasteiger partial charge in [-0.1, -0.05) is 0 Å². The maximum atomic E-state index is 15.1. The van der Waals surface area contributed by atoms with Gasteiger partial charge in [0.05, 0.1) is 19.1 Å². The van der Waals surface area contributed by atoms with Gasteiger partial charge in [0, 0.05) is 17.8 Å². The number of carbonyl (C=O) groups excluding carboxylic acids is 1. The van der Waals surface area contributed by atoms with Crippen molar-refractivity contribution in [2.75, 3.05) is 19.5 Å². The number of methoxy groups -OCH3 is 1. The number of carbonyl (C=O) groups is 1. The summed E-state index contributed by atoms with van der Waals surface area (Å²) in [5, 5.41) is 19.8. The van der Waals surface area contributed by atoms with E-state index in [1.807, 2.05) is 0 Å². The molecule has 3 rings (SSSR count). The van der Waals surface area contributed by atoms with Crippen LogP contribution in [-0.2, 0) is 14.3 Å². The molecule has 3 heterocycles. The zero-order chi connectivity index (χ0) is 19.1. The van der Waals surface area contributed by atoms with Crippen molar-refractivity contribution in [3.8, 4) is 0 Å². The van der Waals surface area contributed by atoms with Gasteiger partial charge in [-0.2, -0.15) is 0 Å². The van der Waals surface area contributed by atoms with Gasteiger partial charge in [0.1, 0.15) is 30.0 Å². The van der Waals surface area contributed by atoms with Crippen LogP contribution in [0.4, 0.5) is 10.2 Å². The van der Waals surface area contributed by atoms with Crippen molar-refractivity contribution in [1.29, 1.82) is 0 Å². The Hall–Kier alpha value is -2.56. The van der Waals surface area contributed by atoms with E-state index >= 15 is 4.39 Å². The number of fused-ring (bicyclic) bond motifs is 1. The van der Waals surface area contributed by atoms with Crippen LogP contribution < -0.4 is 5.73 Å². The molecule has 10 heteroatoms. The van der Waals surface area contributed by atoms with E-state index < -0.39 is 36.7 Å². The van der Waals surface area contributed by atoms with Crippen molar-refractivity contribution in [2.45, 2.75) is 31.0 Å². The van der Waals surface area contributed by atoms with Crippen molar-refractivity contribution in [3.05, 3.63) is 24.2 Å². The summed E-state index contributed by atoms with van der Waals surface area (Å²) < 4.78 is 26.5. The first kappa shape index (κ1) is 18.2. The van der Waals surface area contributed by atoms with Crippen LogP contribution >= 0.6 is 0 Å². The van der Waals surface area contributed by atoms with Crippen molar-refractivity contribution >= 4 is 28.9 Å². The molecule has 1 aliphatic heterocycles. The summed E-state index contributed by atoms with van der Waals surface area (Å²) >= 11 is 0. The Morgan fingerprint density at radius 3 is 2.92 bits per heavy atom. The number of aliphatic hydroxyl groups is 2. The molecule has 2 aromatic rings. The summed E-state index contributed by atoms with van der Waals surface area (Å²) in [6, 6.07) is 0. The van der Waals surface area contributed by atoms with Gasteiger partial charge in [-0.3, -0.25) is 0 Å². The van der Waals surface area contributed by atoms with Gasteiger partial charge >= 0.3 is 5.97 Å². The Balaban J connectivity index is 2.14. The third-order valence-electron chi connectivity index (χ3n) is 4.42. The number of aromatic nitrogens is 3. The SMILES string of the molecule is COC(=O)/C=C/c1cn([C@H]2O[C@H](CO)[C@@H](O)[C@@]2(C)F)c2ncnc(N)c12. The molecule has 9 nitrogen and oxygen atoms in total. The molecule has 0 aromatic carbocycles. The van der Waals surface area contributed by atoms with Crippen LogP contribution in [0.2, 0.25) is 0 Å². The molecule has 0 spiro atoms. The van der Waals surface area contributed by atoms with Gasteiger partial charge < -0.3 is 30.0 Å². The number of hydrogen-bond donors (Lipinski definition) is 3. The zero-order valence-corrected chi connectivity index (χ0v) is 14.2. The highest BCUT2D eigenvalue weighted by Gasteiger charge is 2.55. The number of rotatable bonds is 4. The highest BCUT2D eigenvalue weighted by Crippen LogP contribution is 2.43. The summed E-state index contributed by atoms with van der Waals surface area (Å²) in [6.07, 6.45) is 1.46. The summed E-state index contributed by atoms with van der Waals surface area (Å²) in [5.74, 6) is -0.444. The zero-order valence-electron chi connectivity index (χ0n) is 14.2. The molecule has 1 fully saturated rings. The fourth-order valence-electron chi connectivity index (χ4n) is 3.03. The number of esters is 1. The lowest BCUT2D eigenvalue weighted by molar-refractivity contribution is -0.134. The number of nitrogens with zero attached hydrogens (tertiary/aromatic N) is 3. The van der Waals surface area contributed by atoms with E-state index in [0.29, 0.717) is 10.9 Å². The molecule has 1 aliphatic rings. The quantitative estimate of drug-likeness (QED) is 0.515. The molecule has 26 heavy (non-hydrogen) atoms. The second-order valence-corrected chi connectivity index (χ2v) is 6.11. The fraction of sp³-hybridized carbons (Fsp3) is 0.438. The van der Waals surface area contributed by atoms with Gasteiger partial charge in [0.15, 0.2) is 11.9 Å². The molecular weight excluding hydrogens is 347 g/mol. The minimum Gasteiger partial charge on any atom is -0.466 e. The maximum absolute atomic E-state index is 15.1. The number of hydrogen-bond acceptors (Lipinski definition) is 8. The highest BCUT2D eigenvalue weighted by atomic mass is 19.1. The summed E-state index contributed by atoms with van der Waals surface area (Å²) in [6.45, 7) is 0.640. The summed E-state index contributed by atoms with van der Waals surface area (Å²) in [7, 11) is 1.24. The van der Waals surface area contributed by atoms with Gasteiger partial charge in [0.25, 0.3) is 0 Å². The Kier molecular flexibility index (Phi) is 4.65. The van der Waals surface area contributed by atoms with Crippen molar-refractivity contribution < 1.29 is 28.9 Å². The first-order chi connectivity index (χ1) is 12.3. The molecule has 140 valence electrons. The van der Waals surface area contributed by atoms with Gasteiger partial charge in [-0.25, -0.2) is 19.2 Å². The Morgan fingerprint density at radius 2 is 2.31 bits per heavy atom. The van der Waals surface area contributed by atoms with Crippen LogP contribution in [0.3, 0.4) is 0 Å². The van der Waals surface area contributed by atoms with E-state index in [1.54, 1.807) is 0 Å². The van der Waals surface area contributed by atoms with E-state index in [-0.39, 0.29) is 11.5 Å². The largest absolute Gasteiger partial charge is 0.466 e. The van der Waals surface area contributed by atoms with Crippen LogP contribution in [0.5, 0.6) is 0 Å². The van der Waals surface area contributed by atoms with Crippen molar-refractivity contribution in [3.63, 3.8) is 0 Å². The molecule has 1 saturated heterocycles. The van der Waals surface area contributed by atoms with Crippen molar-refractivity contribution in [1.82, 2.24) is 14.5 Å². The highest BCUT2D eigenvalue weighted by molar-refractivity contribution is 5.97. The average Bonchev–Trinajstić information content (AvgIpc) is 3.09. The number of nitrogen functional groups attached to an aromatic ring is 1. The molecule has 0 radical (unpaired) electrons. The lowest BCUT2D eigenvalue weighted by Crippen LogP contribution is -2.40. The second kappa shape index (κ2) is 6.63. The van der Waals surface area contributed by atoms with E-state index in [1.165, 1.54) is 43.3 Å². The minimum absolute atomic E-state index is 0.135. The molecule has 0 saturated carbocycles. The molecular formula is C16H19FN4O5. The van der Waals surface area contributed by atoms with E-state index in [2.05, 4.69) is 14.7 Å². The predicted molar refractivity (Wildman–Crippen MR) is 89.5 cm³/mol. The first-order valence-electron chi connectivity index (χ1n) is 7.81. The van der Waals surface area contributed by atoms with Gasteiger partial charge in [0.2, 0.25) is 0 Å². The average molecular weight is 366 g/mol. The van der Waals surface area contributed by atoms with Gasteiger partial charge in [-0.05, 0) is 13.0 Å². The van der Waals surface area contributed by atoms with Crippen LogP contribution in [0.15, 0.2) is 18.6 Å². The maximum Gasteiger partial charge on any atom is 0.330 e. The van der Waals surface area contributed by atoms with Crippen LogP contribution in [0, 0.1) is 0 Å². The normalized spacial score (nSPS) is 28.9. The van der Waals surface area contributed by atoms with E-state index in [9.17, 15) is 15.0 Å². The Labute approximate surface area is 147 Å². The van der Waals surface area contributed by atoms with E-state index in [4.69, 9.17) is 10.5 Å². The third-order valence-corrected chi connectivity index (χ3v) is 4.42. The minimum atomic E-state index is -2.19. The molecule has 0 amide bonds. The number of aliphatic hydroxyl groups excluding tert-OH is 2. The number of alkyl halides is 1. The fourth-order valence-corrected chi connectivity index (χ4v) is 3.03. The third kappa shape index (κ3) is 2.81. The second-order valence-electron chi connectivity index (χ2n) is 6.11. The van der Waals surface area contributed by atoms with Crippen molar-refractivity contribution in [2.24, 2.45) is 0 Å². The lowest BCUT2D eigenvalue weighted by Gasteiger charge is -2.25. The first-order valence-corrected chi connectivity index (χ1v) is 7.81. The van der Waals surface area contributed by atoms with Crippen LogP contribution in [0.25, 0.3) is 17.1 Å². The molecule has 0 bridgehead atoms. The summed E-state index contributed by atoms with van der Waals surface area (Å²) in [4.78, 5) is 19.4. The number of halogens is 1.